The predicted octanol–water partition coefficient (Wildman–Crippen LogP) is -0.00400. The van der Waals surface area contributed by atoms with Crippen molar-refractivity contribution >= 4 is 23.6 Å². The highest BCUT2D eigenvalue weighted by Crippen LogP contribution is 2.12. The summed E-state index contributed by atoms with van der Waals surface area (Å²) in [5.74, 6) is -1.65. The summed E-state index contributed by atoms with van der Waals surface area (Å²) in [7, 11) is 0. The van der Waals surface area contributed by atoms with E-state index in [0.29, 0.717) is 24.7 Å². The van der Waals surface area contributed by atoms with Crippen LogP contribution in [0, 0.1) is 0 Å². The van der Waals surface area contributed by atoms with E-state index in [1.54, 1.807) is 0 Å². The molecule has 1 heterocycles. The zero-order valence-corrected chi connectivity index (χ0v) is 12.0. The number of nitrogens with zero attached hydrogens (tertiary/aromatic N) is 1. The van der Waals surface area contributed by atoms with Gasteiger partial charge in [0.15, 0.2) is 0 Å². The molecule has 8 nitrogen and oxygen atoms in total. The Hall–Kier alpha value is -1.80. The number of carbonyl (C=O) groups excluding carboxylic acids is 4. The van der Waals surface area contributed by atoms with Crippen molar-refractivity contribution < 1.29 is 33.5 Å². The van der Waals surface area contributed by atoms with Gasteiger partial charge in [0.05, 0.1) is 32.8 Å². The van der Waals surface area contributed by atoms with E-state index in [-0.39, 0.29) is 38.3 Å². The summed E-state index contributed by atoms with van der Waals surface area (Å²) in [6, 6.07) is 0. The van der Waals surface area contributed by atoms with Crippen molar-refractivity contribution in [3.63, 3.8) is 0 Å². The molecule has 0 atom stereocenters. The number of Topliss-reactive ketones (excluding diaryl/α,β-unsaturated/α-hetero) is 1. The minimum atomic E-state index is -0.698. The first-order chi connectivity index (χ1) is 10.0. The molecule has 0 aromatic carbocycles. The average Bonchev–Trinajstić information content (AvgIpc) is 2.73. The molecule has 0 aliphatic carbocycles. The summed E-state index contributed by atoms with van der Waals surface area (Å²) in [5.41, 5.74) is 0. The van der Waals surface area contributed by atoms with E-state index in [1.807, 2.05) is 0 Å². The van der Waals surface area contributed by atoms with Crippen LogP contribution in [0.2, 0.25) is 0 Å². The van der Waals surface area contributed by atoms with E-state index < -0.39 is 17.8 Å². The molecule has 118 valence electrons. The highest BCUT2D eigenvalue weighted by molar-refractivity contribution is 6.01. The summed E-state index contributed by atoms with van der Waals surface area (Å²) in [4.78, 5) is 49.1. The zero-order chi connectivity index (χ0) is 15.7. The first-order valence-electron chi connectivity index (χ1n) is 6.72. The van der Waals surface area contributed by atoms with Gasteiger partial charge in [-0.05, 0) is 6.92 Å². The van der Waals surface area contributed by atoms with Crippen LogP contribution in [0.4, 0.5) is 0 Å². The van der Waals surface area contributed by atoms with Gasteiger partial charge in [0.2, 0.25) is 0 Å². The molecule has 1 fully saturated rings. The van der Waals surface area contributed by atoms with Gasteiger partial charge in [-0.2, -0.15) is 0 Å². The standard InChI is InChI=1S/C13H19NO7/c1-10(15)4-6-19-8-9-20-7-5-13(18)21-14-11(16)2-3-12(14)17/h2-9H2,1H3. The SMILES string of the molecule is CC(=O)CCOCCOCCC(=O)ON1C(=O)CCC1=O. The fraction of sp³-hybridized carbons (Fsp3) is 0.692. The van der Waals surface area contributed by atoms with Gasteiger partial charge in [0.1, 0.15) is 5.78 Å². The maximum Gasteiger partial charge on any atom is 0.335 e. The van der Waals surface area contributed by atoms with E-state index >= 15 is 0 Å². The van der Waals surface area contributed by atoms with Crippen molar-refractivity contribution in [2.24, 2.45) is 0 Å². The van der Waals surface area contributed by atoms with Crippen LogP contribution in [0.3, 0.4) is 0 Å². The Morgan fingerprint density at radius 1 is 0.952 bits per heavy atom. The number of imide groups is 1. The molecule has 0 spiro atoms. The Bertz CT molecular complexity index is 391. The number of ketones is 1. The molecule has 1 rings (SSSR count). The summed E-state index contributed by atoms with van der Waals surface area (Å²) in [5, 5.41) is 0.507. The van der Waals surface area contributed by atoms with Crippen molar-refractivity contribution in [3.8, 4) is 0 Å². The lowest BCUT2D eigenvalue weighted by Gasteiger charge is -2.12. The lowest BCUT2D eigenvalue weighted by Crippen LogP contribution is -2.32. The second-order valence-corrected chi connectivity index (χ2v) is 4.47. The summed E-state index contributed by atoms with van der Waals surface area (Å²) in [6.45, 7) is 2.55. The van der Waals surface area contributed by atoms with Crippen molar-refractivity contribution in [1.82, 2.24) is 5.06 Å². The monoisotopic (exact) mass is 301 g/mol. The van der Waals surface area contributed by atoms with E-state index in [0.717, 1.165) is 0 Å². The van der Waals surface area contributed by atoms with Gasteiger partial charge in [-0.25, -0.2) is 4.79 Å². The molecular formula is C13H19NO7. The Balaban J connectivity index is 2.00. The molecule has 2 amide bonds. The lowest BCUT2D eigenvalue weighted by molar-refractivity contribution is -0.198. The normalized spacial score (nSPS) is 14.6. The third-order valence-corrected chi connectivity index (χ3v) is 2.62. The van der Waals surface area contributed by atoms with Crippen LogP contribution in [0.5, 0.6) is 0 Å². The molecule has 21 heavy (non-hydrogen) atoms. The smallest absolute Gasteiger partial charge is 0.335 e. The van der Waals surface area contributed by atoms with Crippen LogP contribution in [0.25, 0.3) is 0 Å². The van der Waals surface area contributed by atoms with Crippen molar-refractivity contribution in [2.45, 2.75) is 32.6 Å². The van der Waals surface area contributed by atoms with Crippen LogP contribution >= 0.6 is 0 Å². The molecule has 0 aromatic rings. The van der Waals surface area contributed by atoms with Gasteiger partial charge in [-0.3, -0.25) is 14.4 Å². The largest absolute Gasteiger partial charge is 0.379 e. The lowest BCUT2D eigenvalue weighted by atomic mass is 10.3. The number of hydroxylamine groups is 2. The van der Waals surface area contributed by atoms with Crippen LogP contribution in [-0.4, -0.2) is 55.1 Å². The fourth-order valence-electron chi connectivity index (χ4n) is 1.50. The molecule has 1 saturated heterocycles. The van der Waals surface area contributed by atoms with Gasteiger partial charge < -0.3 is 14.3 Å². The third-order valence-electron chi connectivity index (χ3n) is 2.62. The Morgan fingerprint density at radius 2 is 1.48 bits per heavy atom. The summed E-state index contributed by atoms with van der Waals surface area (Å²) in [6.07, 6.45) is 0.440. The quantitative estimate of drug-likeness (QED) is 0.413. The van der Waals surface area contributed by atoms with Gasteiger partial charge in [-0.15, -0.1) is 5.06 Å². The van der Waals surface area contributed by atoms with E-state index in [2.05, 4.69) is 4.84 Å². The Kier molecular flexibility index (Phi) is 7.55. The maximum absolute atomic E-state index is 11.4. The van der Waals surface area contributed by atoms with Gasteiger partial charge >= 0.3 is 5.97 Å². The maximum atomic E-state index is 11.4. The molecule has 8 heteroatoms. The summed E-state index contributed by atoms with van der Waals surface area (Å²) >= 11 is 0. The minimum Gasteiger partial charge on any atom is -0.379 e. The van der Waals surface area contributed by atoms with Crippen molar-refractivity contribution in [3.05, 3.63) is 0 Å². The second kappa shape index (κ2) is 9.19. The molecule has 0 unspecified atom stereocenters. The molecule has 1 aliphatic heterocycles. The fourth-order valence-corrected chi connectivity index (χ4v) is 1.50. The van der Waals surface area contributed by atoms with Crippen LogP contribution in [0.1, 0.15) is 32.6 Å². The van der Waals surface area contributed by atoms with Crippen molar-refractivity contribution in [1.29, 1.82) is 0 Å². The van der Waals surface area contributed by atoms with Gasteiger partial charge in [-0.1, -0.05) is 0 Å². The minimum absolute atomic E-state index is 0.0599. The molecule has 1 aliphatic rings. The first kappa shape index (κ1) is 17.3. The summed E-state index contributed by atoms with van der Waals surface area (Å²) < 4.78 is 10.3. The van der Waals surface area contributed by atoms with E-state index in [9.17, 15) is 19.2 Å². The molecule has 0 radical (unpaired) electrons. The average molecular weight is 301 g/mol. The Labute approximate surface area is 122 Å². The number of rotatable bonds is 10. The number of amides is 2. The molecular weight excluding hydrogens is 282 g/mol. The molecule has 0 bridgehead atoms. The van der Waals surface area contributed by atoms with Crippen LogP contribution < -0.4 is 0 Å². The van der Waals surface area contributed by atoms with E-state index in [1.165, 1.54) is 6.92 Å². The molecule has 0 N–H and O–H groups in total. The number of hydrogen-bond acceptors (Lipinski definition) is 7. The van der Waals surface area contributed by atoms with Gasteiger partial charge in [0, 0.05) is 19.3 Å². The highest BCUT2D eigenvalue weighted by Gasteiger charge is 2.32. The molecule has 0 saturated carbocycles. The van der Waals surface area contributed by atoms with Crippen molar-refractivity contribution in [2.75, 3.05) is 26.4 Å². The Morgan fingerprint density at radius 3 is 2.00 bits per heavy atom. The zero-order valence-electron chi connectivity index (χ0n) is 12.0. The van der Waals surface area contributed by atoms with Gasteiger partial charge in [0.25, 0.3) is 11.8 Å². The number of hydrogen-bond donors (Lipinski definition) is 0. The second-order valence-electron chi connectivity index (χ2n) is 4.47. The first-order valence-corrected chi connectivity index (χ1v) is 6.72. The van der Waals surface area contributed by atoms with E-state index in [4.69, 9.17) is 9.47 Å². The predicted molar refractivity (Wildman–Crippen MR) is 68.7 cm³/mol. The molecule has 0 aromatic heterocycles. The number of carbonyl (C=O) groups is 4. The number of ether oxygens (including phenoxy) is 2. The third kappa shape index (κ3) is 6.96. The van der Waals surface area contributed by atoms with Crippen LogP contribution in [-0.2, 0) is 33.5 Å². The van der Waals surface area contributed by atoms with Crippen LogP contribution in [0.15, 0.2) is 0 Å². The highest BCUT2D eigenvalue weighted by atomic mass is 16.7. The topological polar surface area (TPSA) is 99.2 Å².